The number of nitrogens with zero attached hydrogens (tertiary/aromatic N) is 1. The Balaban J connectivity index is 1.61. The number of thiophene rings is 1. The van der Waals surface area contributed by atoms with Crippen LogP contribution in [0.25, 0.3) is 16.6 Å². The minimum atomic E-state index is -0.232. The molecule has 0 aliphatic rings. The van der Waals surface area contributed by atoms with Crippen LogP contribution in [0.15, 0.2) is 52.3 Å². The van der Waals surface area contributed by atoms with Crippen LogP contribution in [0.3, 0.4) is 0 Å². The summed E-state index contributed by atoms with van der Waals surface area (Å²) in [6, 6.07) is 11.6. The standard InChI is InChI=1S/C19H16BrN3O2S2/c1-12(24)21-10-14-7-8-17(27-14)16-11-26-19(22-16)23-18(25)9-6-13-4-2-3-5-15(13)20/h2-9,11H,10H2,1H3,(H,21,24)(H,22,23,25)/b9-6+. The van der Waals surface area contributed by atoms with Gasteiger partial charge in [-0.05, 0) is 29.8 Å². The van der Waals surface area contributed by atoms with Gasteiger partial charge in [0.05, 0.1) is 17.1 Å². The molecule has 138 valence electrons. The molecule has 0 aliphatic carbocycles. The van der Waals surface area contributed by atoms with Gasteiger partial charge >= 0.3 is 0 Å². The molecule has 3 aromatic rings. The van der Waals surface area contributed by atoms with E-state index >= 15 is 0 Å². The summed E-state index contributed by atoms with van der Waals surface area (Å²) in [6.07, 6.45) is 3.24. The molecule has 0 saturated heterocycles. The van der Waals surface area contributed by atoms with Gasteiger partial charge < -0.3 is 5.32 Å². The Kier molecular flexibility index (Phi) is 6.54. The van der Waals surface area contributed by atoms with Gasteiger partial charge in [-0.3, -0.25) is 14.9 Å². The maximum absolute atomic E-state index is 12.1. The SMILES string of the molecule is CC(=O)NCc1ccc(-c2csc(NC(=O)/C=C/c3ccccc3Br)n2)s1. The fourth-order valence-electron chi connectivity index (χ4n) is 2.19. The fourth-order valence-corrected chi connectivity index (χ4v) is 4.30. The van der Waals surface area contributed by atoms with Gasteiger partial charge in [-0.25, -0.2) is 4.98 Å². The van der Waals surface area contributed by atoms with Crippen LogP contribution in [0.5, 0.6) is 0 Å². The number of benzene rings is 1. The van der Waals surface area contributed by atoms with Crippen LogP contribution in [0.4, 0.5) is 5.13 Å². The molecular weight excluding hydrogens is 446 g/mol. The summed E-state index contributed by atoms with van der Waals surface area (Å²) in [7, 11) is 0. The Morgan fingerprint density at radius 1 is 1.22 bits per heavy atom. The topological polar surface area (TPSA) is 71.1 Å². The largest absolute Gasteiger partial charge is 0.351 e. The summed E-state index contributed by atoms with van der Waals surface area (Å²) in [5, 5.41) is 8.01. The highest BCUT2D eigenvalue weighted by Gasteiger charge is 2.09. The van der Waals surface area contributed by atoms with Gasteiger partial charge in [-0.2, -0.15) is 0 Å². The molecule has 2 N–H and O–H groups in total. The maximum Gasteiger partial charge on any atom is 0.250 e. The number of halogens is 1. The molecule has 2 heterocycles. The number of thiazole rings is 1. The van der Waals surface area contributed by atoms with Gasteiger partial charge in [0.25, 0.3) is 0 Å². The smallest absolute Gasteiger partial charge is 0.250 e. The number of carbonyl (C=O) groups is 2. The molecule has 2 aromatic heterocycles. The number of aromatic nitrogens is 1. The molecule has 2 amide bonds. The Bertz CT molecular complexity index is 994. The molecule has 27 heavy (non-hydrogen) atoms. The summed E-state index contributed by atoms with van der Waals surface area (Å²) >= 11 is 6.39. The van der Waals surface area contributed by atoms with Crippen molar-refractivity contribution in [2.45, 2.75) is 13.5 Å². The van der Waals surface area contributed by atoms with Gasteiger partial charge in [0, 0.05) is 27.7 Å². The number of nitrogens with one attached hydrogen (secondary N) is 2. The fraction of sp³-hybridized carbons (Fsp3) is 0.105. The highest BCUT2D eigenvalue weighted by Crippen LogP contribution is 2.30. The molecule has 0 saturated carbocycles. The van der Waals surface area contributed by atoms with Crippen LogP contribution in [0.2, 0.25) is 0 Å². The van der Waals surface area contributed by atoms with Crippen molar-refractivity contribution in [3.05, 3.63) is 62.8 Å². The second-order valence-electron chi connectivity index (χ2n) is 5.56. The molecule has 5 nitrogen and oxygen atoms in total. The summed E-state index contributed by atoms with van der Waals surface area (Å²) in [5.41, 5.74) is 1.74. The van der Waals surface area contributed by atoms with Crippen LogP contribution < -0.4 is 10.6 Å². The van der Waals surface area contributed by atoms with E-state index in [0.717, 1.165) is 25.5 Å². The van der Waals surface area contributed by atoms with Crippen molar-refractivity contribution < 1.29 is 9.59 Å². The van der Waals surface area contributed by atoms with Crippen molar-refractivity contribution in [2.75, 3.05) is 5.32 Å². The molecule has 3 rings (SSSR count). The van der Waals surface area contributed by atoms with E-state index in [1.54, 1.807) is 17.4 Å². The normalized spacial score (nSPS) is 10.9. The number of carbonyl (C=O) groups excluding carboxylic acids is 2. The molecule has 0 spiro atoms. The third kappa shape index (κ3) is 5.59. The van der Waals surface area contributed by atoms with E-state index in [-0.39, 0.29) is 11.8 Å². The monoisotopic (exact) mass is 461 g/mol. The van der Waals surface area contributed by atoms with E-state index in [1.165, 1.54) is 24.3 Å². The first-order valence-corrected chi connectivity index (χ1v) is 10.5. The van der Waals surface area contributed by atoms with Crippen LogP contribution in [0, 0.1) is 0 Å². The second kappa shape index (κ2) is 9.07. The number of hydrogen-bond donors (Lipinski definition) is 2. The molecular formula is C19H16BrN3O2S2. The van der Waals surface area contributed by atoms with Gasteiger partial charge in [-0.15, -0.1) is 22.7 Å². The lowest BCUT2D eigenvalue weighted by Crippen LogP contribution is -2.17. The first-order chi connectivity index (χ1) is 13.0. The average molecular weight is 462 g/mol. The van der Waals surface area contributed by atoms with E-state index in [2.05, 4.69) is 31.5 Å². The zero-order valence-corrected chi connectivity index (χ0v) is 17.6. The van der Waals surface area contributed by atoms with Crippen molar-refractivity contribution in [3.8, 4) is 10.6 Å². The Labute approximate surface area is 173 Å². The summed E-state index contributed by atoms with van der Waals surface area (Å²) in [6.45, 7) is 2.00. The first-order valence-electron chi connectivity index (χ1n) is 8.04. The summed E-state index contributed by atoms with van der Waals surface area (Å²) < 4.78 is 0.929. The van der Waals surface area contributed by atoms with Crippen molar-refractivity contribution in [3.63, 3.8) is 0 Å². The van der Waals surface area contributed by atoms with Crippen LogP contribution in [-0.2, 0) is 16.1 Å². The predicted molar refractivity (Wildman–Crippen MR) is 115 cm³/mol. The highest BCUT2D eigenvalue weighted by molar-refractivity contribution is 9.10. The summed E-state index contributed by atoms with van der Waals surface area (Å²) in [5.74, 6) is -0.289. The van der Waals surface area contributed by atoms with Crippen LogP contribution >= 0.6 is 38.6 Å². The molecule has 0 bridgehead atoms. The first kappa shape index (κ1) is 19.5. The molecule has 1 aromatic carbocycles. The highest BCUT2D eigenvalue weighted by atomic mass is 79.9. The lowest BCUT2D eigenvalue weighted by molar-refractivity contribution is -0.119. The zero-order valence-electron chi connectivity index (χ0n) is 14.4. The minimum absolute atomic E-state index is 0.0563. The van der Waals surface area contributed by atoms with E-state index in [1.807, 2.05) is 41.8 Å². The van der Waals surface area contributed by atoms with E-state index in [0.29, 0.717) is 11.7 Å². The van der Waals surface area contributed by atoms with Gasteiger partial charge in [0.2, 0.25) is 11.8 Å². The number of hydrogen-bond acceptors (Lipinski definition) is 5. The number of amides is 2. The number of anilines is 1. The lowest BCUT2D eigenvalue weighted by Gasteiger charge is -1.98. The van der Waals surface area contributed by atoms with E-state index in [4.69, 9.17) is 0 Å². The van der Waals surface area contributed by atoms with Crippen molar-refractivity contribution in [1.29, 1.82) is 0 Å². The third-order valence-electron chi connectivity index (χ3n) is 3.48. The Morgan fingerprint density at radius 3 is 2.81 bits per heavy atom. The predicted octanol–water partition coefficient (Wildman–Crippen LogP) is 4.92. The number of rotatable bonds is 6. The Morgan fingerprint density at radius 2 is 2.04 bits per heavy atom. The Hall–Kier alpha value is -2.29. The minimum Gasteiger partial charge on any atom is -0.351 e. The van der Waals surface area contributed by atoms with E-state index in [9.17, 15) is 9.59 Å². The maximum atomic E-state index is 12.1. The summed E-state index contributed by atoms with van der Waals surface area (Å²) in [4.78, 5) is 29.6. The van der Waals surface area contributed by atoms with Crippen LogP contribution in [0.1, 0.15) is 17.4 Å². The molecule has 0 fully saturated rings. The molecule has 0 radical (unpaired) electrons. The lowest BCUT2D eigenvalue weighted by atomic mass is 10.2. The van der Waals surface area contributed by atoms with Crippen molar-refractivity contribution >= 4 is 61.6 Å². The van der Waals surface area contributed by atoms with Gasteiger partial charge in [0.1, 0.15) is 0 Å². The molecule has 0 atom stereocenters. The van der Waals surface area contributed by atoms with Crippen molar-refractivity contribution in [2.24, 2.45) is 0 Å². The third-order valence-corrected chi connectivity index (χ3v) is 6.07. The van der Waals surface area contributed by atoms with Gasteiger partial charge in [0.15, 0.2) is 5.13 Å². The van der Waals surface area contributed by atoms with Crippen LogP contribution in [-0.4, -0.2) is 16.8 Å². The van der Waals surface area contributed by atoms with Gasteiger partial charge in [-0.1, -0.05) is 34.1 Å². The van der Waals surface area contributed by atoms with Crippen molar-refractivity contribution in [1.82, 2.24) is 10.3 Å². The zero-order chi connectivity index (χ0) is 19.2. The molecule has 0 unspecified atom stereocenters. The second-order valence-corrected chi connectivity index (χ2v) is 8.44. The molecule has 0 aliphatic heterocycles. The van der Waals surface area contributed by atoms with E-state index < -0.39 is 0 Å². The average Bonchev–Trinajstić information content (AvgIpc) is 3.28. The molecule has 8 heteroatoms. The quantitative estimate of drug-likeness (QED) is 0.511.